The van der Waals surface area contributed by atoms with E-state index >= 15 is 0 Å². The van der Waals surface area contributed by atoms with Gasteiger partial charge < -0.3 is 10.3 Å². The first-order valence-corrected chi connectivity index (χ1v) is 6.03. The fraction of sp³-hybridized carbons (Fsp3) is 0.308. The van der Waals surface area contributed by atoms with Crippen LogP contribution in [0.4, 0.5) is 14.5 Å². The van der Waals surface area contributed by atoms with Crippen LogP contribution in [0, 0.1) is 0 Å². The molecular weight excluding hydrogens is 252 g/mol. The standard InChI is InChI=1S/C13H13F2N3O/c14-13(15)6-11(17-7-13)12(19)18-9-1-2-10-8(5-9)3-4-16-10/h1-5,11,16-17H,6-7H2,(H,18,19). The van der Waals surface area contributed by atoms with Gasteiger partial charge in [-0.15, -0.1) is 0 Å². The minimum absolute atomic E-state index is 0.424. The van der Waals surface area contributed by atoms with E-state index in [1.54, 1.807) is 18.3 Å². The van der Waals surface area contributed by atoms with Crippen LogP contribution < -0.4 is 10.6 Å². The summed E-state index contributed by atoms with van der Waals surface area (Å²) in [7, 11) is 0. The number of amides is 1. The molecule has 2 aromatic rings. The highest BCUT2D eigenvalue weighted by Crippen LogP contribution is 2.26. The first kappa shape index (κ1) is 12.1. The van der Waals surface area contributed by atoms with Crippen LogP contribution >= 0.6 is 0 Å². The Morgan fingerprint density at radius 3 is 2.95 bits per heavy atom. The van der Waals surface area contributed by atoms with E-state index in [-0.39, 0.29) is 0 Å². The van der Waals surface area contributed by atoms with Crippen molar-refractivity contribution in [2.24, 2.45) is 0 Å². The SMILES string of the molecule is O=C(Nc1ccc2[nH]ccc2c1)C1CC(F)(F)CN1. The second-order valence-corrected chi connectivity index (χ2v) is 4.76. The number of hydrogen-bond donors (Lipinski definition) is 3. The number of anilines is 1. The van der Waals surface area contributed by atoms with Gasteiger partial charge in [0, 0.05) is 29.2 Å². The molecule has 1 atom stereocenters. The zero-order chi connectivity index (χ0) is 13.5. The molecule has 1 fully saturated rings. The number of H-pyrrole nitrogens is 1. The molecular formula is C13H13F2N3O. The minimum Gasteiger partial charge on any atom is -0.361 e. The summed E-state index contributed by atoms with van der Waals surface area (Å²) in [5.41, 5.74) is 1.57. The van der Waals surface area contributed by atoms with E-state index in [4.69, 9.17) is 0 Å². The summed E-state index contributed by atoms with van der Waals surface area (Å²) in [5, 5.41) is 6.15. The fourth-order valence-electron chi connectivity index (χ4n) is 2.26. The third-order valence-corrected chi connectivity index (χ3v) is 3.25. The smallest absolute Gasteiger partial charge is 0.262 e. The fourth-order valence-corrected chi connectivity index (χ4v) is 2.26. The maximum Gasteiger partial charge on any atom is 0.262 e. The topological polar surface area (TPSA) is 56.9 Å². The molecule has 2 heterocycles. The van der Waals surface area contributed by atoms with Gasteiger partial charge in [-0.05, 0) is 24.3 Å². The number of rotatable bonds is 2. The van der Waals surface area contributed by atoms with Gasteiger partial charge in [0.1, 0.15) is 0 Å². The summed E-state index contributed by atoms with van der Waals surface area (Å²) in [6.45, 7) is -0.443. The lowest BCUT2D eigenvalue weighted by atomic mass is 10.1. The van der Waals surface area contributed by atoms with Crippen molar-refractivity contribution in [1.29, 1.82) is 0 Å². The Morgan fingerprint density at radius 1 is 1.37 bits per heavy atom. The van der Waals surface area contributed by atoms with E-state index in [1.807, 2.05) is 12.1 Å². The molecule has 1 aliphatic heterocycles. The Morgan fingerprint density at radius 2 is 2.21 bits per heavy atom. The van der Waals surface area contributed by atoms with Crippen molar-refractivity contribution in [3.8, 4) is 0 Å². The molecule has 1 unspecified atom stereocenters. The molecule has 1 aromatic carbocycles. The van der Waals surface area contributed by atoms with E-state index in [9.17, 15) is 13.6 Å². The number of aromatic nitrogens is 1. The summed E-state index contributed by atoms with van der Waals surface area (Å²) in [6.07, 6.45) is 1.35. The number of hydrogen-bond acceptors (Lipinski definition) is 2. The van der Waals surface area contributed by atoms with Gasteiger partial charge in [-0.3, -0.25) is 10.1 Å². The largest absolute Gasteiger partial charge is 0.361 e. The molecule has 0 bridgehead atoms. The van der Waals surface area contributed by atoms with E-state index in [0.29, 0.717) is 5.69 Å². The number of benzene rings is 1. The summed E-state index contributed by atoms with van der Waals surface area (Å²) in [6, 6.07) is 6.42. The lowest BCUT2D eigenvalue weighted by Gasteiger charge is -2.11. The molecule has 19 heavy (non-hydrogen) atoms. The van der Waals surface area contributed by atoms with Crippen LogP contribution in [-0.2, 0) is 4.79 Å². The average Bonchev–Trinajstić information content (AvgIpc) is 2.94. The predicted octanol–water partition coefficient (Wildman–Crippen LogP) is 2.10. The molecule has 0 saturated carbocycles. The first-order valence-electron chi connectivity index (χ1n) is 6.03. The Hall–Kier alpha value is -1.95. The zero-order valence-electron chi connectivity index (χ0n) is 10.0. The number of nitrogens with one attached hydrogen (secondary N) is 3. The van der Waals surface area contributed by atoms with Crippen molar-refractivity contribution >= 4 is 22.5 Å². The Balaban J connectivity index is 1.72. The highest BCUT2D eigenvalue weighted by atomic mass is 19.3. The molecule has 4 nitrogen and oxygen atoms in total. The lowest BCUT2D eigenvalue weighted by Crippen LogP contribution is -2.35. The summed E-state index contributed by atoms with van der Waals surface area (Å²) in [5.74, 6) is -3.22. The van der Waals surface area contributed by atoms with Crippen LogP contribution in [-0.4, -0.2) is 29.4 Å². The number of carbonyl (C=O) groups is 1. The Labute approximate surface area is 108 Å². The second-order valence-electron chi connectivity index (χ2n) is 4.76. The maximum absolute atomic E-state index is 13.0. The molecule has 1 saturated heterocycles. The zero-order valence-corrected chi connectivity index (χ0v) is 10.0. The van der Waals surface area contributed by atoms with Crippen molar-refractivity contribution in [1.82, 2.24) is 10.3 Å². The summed E-state index contributed by atoms with van der Waals surface area (Å²) < 4.78 is 26.0. The second kappa shape index (κ2) is 4.31. The van der Waals surface area contributed by atoms with E-state index < -0.39 is 30.8 Å². The number of alkyl halides is 2. The van der Waals surface area contributed by atoms with Gasteiger partial charge in [0.25, 0.3) is 5.92 Å². The summed E-state index contributed by atoms with van der Waals surface area (Å²) >= 11 is 0. The molecule has 0 spiro atoms. The van der Waals surface area contributed by atoms with Gasteiger partial charge in [0.05, 0.1) is 12.6 Å². The third kappa shape index (κ3) is 2.44. The Kier molecular flexibility index (Phi) is 2.74. The van der Waals surface area contributed by atoms with Gasteiger partial charge >= 0.3 is 0 Å². The van der Waals surface area contributed by atoms with Gasteiger partial charge in [-0.1, -0.05) is 0 Å². The van der Waals surface area contributed by atoms with E-state index in [1.165, 1.54) is 0 Å². The molecule has 3 N–H and O–H groups in total. The molecule has 1 amide bonds. The van der Waals surface area contributed by atoms with Crippen LogP contribution in [0.5, 0.6) is 0 Å². The minimum atomic E-state index is -2.80. The molecule has 1 aromatic heterocycles. The first-order chi connectivity index (χ1) is 9.03. The van der Waals surface area contributed by atoms with Crippen LogP contribution in [0.25, 0.3) is 10.9 Å². The highest BCUT2D eigenvalue weighted by Gasteiger charge is 2.42. The van der Waals surface area contributed by atoms with Crippen molar-refractivity contribution < 1.29 is 13.6 Å². The number of carbonyl (C=O) groups excluding carboxylic acids is 1. The molecule has 0 aliphatic carbocycles. The lowest BCUT2D eigenvalue weighted by molar-refractivity contribution is -0.118. The number of fused-ring (bicyclic) bond motifs is 1. The van der Waals surface area contributed by atoms with Gasteiger partial charge in [-0.25, -0.2) is 8.78 Å². The van der Waals surface area contributed by atoms with Crippen molar-refractivity contribution in [3.63, 3.8) is 0 Å². The average molecular weight is 265 g/mol. The summed E-state index contributed by atoms with van der Waals surface area (Å²) in [4.78, 5) is 14.9. The predicted molar refractivity (Wildman–Crippen MR) is 68.3 cm³/mol. The monoisotopic (exact) mass is 265 g/mol. The van der Waals surface area contributed by atoms with Crippen molar-refractivity contribution in [2.45, 2.75) is 18.4 Å². The molecule has 3 rings (SSSR count). The van der Waals surface area contributed by atoms with Crippen LogP contribution in [0.1, 0.15) is 6.42 Å². The molecule has 100 valence electrons. The van der Waals surface area contributed by atoms with Gasteiger partial charge in [-0.2, -0.15) is 0 Å². The molecule has 6 heteroatoms. The number of halogens is 2. The molecule has 1 aliphatic rings. The van der Waals surface area contributed by atoms with E-state index in [0.717, 1.165) is 10.9 Å². The van der Waals surface area contributed by atoms with E-state index in [2.05, 4.69) is 15.6 Å². The maximum atomic E-state index is 13.0. The van der Waals surface area contributed by atoms with Crippen molar-refractivity contribution in [2.75, 3.05) is 11.9 Å². The molecule has 0 radical (unpaired) electrons. The van der Waals surface area contributed by atoms with Crippen LogP contribution in [0.3, 0.4) is 0 Å². The Bertz CT molecular complexity index is 623. The van der Waals surface area contributed by atoms with Crippen molar-refractivity contribution in [3.05, 3.63) is 30.5 Å². The third-order valence-electron chi connectivity index (χ3n) is 3.25. The quantitative estimate of drug-likeness (QED) is 0.779. The van der Waals surface area contributed by atoms with Gasteiger partial charge in [0.2, 0.25) is 5.91 Å². The normalized spacial score (nSPS) is 21.7. The highest BCUT2D eigenvalue weighted by molar-refractivity contribution is 5.97. The number of aromatic amines is 1. The van der Waals surface area contributed by atoms with Crippen LogP contribution in [0.2, 0.25) is 0 Å². The van der Waals surface area contributed by atoms with Crippen LogP contribution in [0.15, 0.2) is 30.5 Å². The van der Waals surface area contributed by atoms with Gasteiger partial charge in [0.15, 0.2) is 0 Å².